The summed E-state index contributed by atoms with van der Waals surface area (Å²) in [5, 5.41) is 5.61. The van der Waals surface area contributed by atoms with Gasteiger partial charge in [0.15, 0.2) is 0 Å². The highest BCUT2D eigenvalue weighted by molar-refractivity contribution is 5.89. The zero-order chi connectivity index (χ0) is 17.5. The smallest absolute Gasteiger partial charge is 0.319 e. The Morgan fingerprint density at radius 3 is 2.72 bits per heavy atom. The number of hydrogen-bond acceptors (Lipinski definition) is 4. The standard InChI is InChI=1S/C19H18N4O2/c1-25-17-4-2-3-16(12-17)23-19(24)22-13-14-5-10-21-18(11-14)15-6-8-20-9-7-15/h2-12H,13H2,1H3,(H2,22,23,24). The highest BCUT2D eigenvalue weighted by Crippen LogP contribution is 2.17. The van der Waals surface area contributed by atoms with Gasteiger partial charge in [-0.15, -0.1) is 0 Å². The molecule has 0 saturated heterocycles. The number of nitrogens with one attached hydrogen (secondary N) is 2. The van der Waals surface area contributed by atoms with E-state index in [2.05, 4.69) is 20.6 Å². The SMILES string of the molecule is COc1cccc(NC(=O)NCc2ccnc(-c3ccncc3)c2)c1. The van der Waals surface area contributed by atoms with Crippen LogP contribution in [0.3, 0.4) is 0 Å². The molecule has 2 aromatic heterocycles. The van der Waals surface area contributed by atoms with E-state index in [0.29, 0.717) is 18.0 Å². The molecule has 126 valence electrons. The van der Waals surface area contributed by atoms with Gasteiger partial charge < -0.3 is 15.4 Å². The minimum atomic E-state index is -0.282. The molecule has 2 heterocycles. The number of methoxy groups -OCH3 is 1. The maximum absolute atomic E-state index is 12.1. The van der Waals surface area contributed by atoms with Crippen LogP contribution in [0.25, 0.3) is 11.3 Å². The van der Waals surface area contributed by atoms with Gasteiger partial charge in [-0.2, -0.15) is 0 Å². The van der Waals surface area contributed by atoms with Crippen molar-refractivity contribution in [2.24, 2.45) is 0 Å². The lowest BCUT2D eigenvalue weighted by atomic mass is 10.1. The molecule has 0 radical (unpaired) electrons. The third-order valence-electron chi connectivity index (χ3n) is 3.58. The fourth-order valence-corrected chi connectivity index (χ4v) is 2.32. The monoisotopic (exact) mass is 334 g/mol. The first-order chi connectivity index (χ1) is 12.2. The van der Waals surface area contributed by atoms with Crippen molar-refractivity contribution in [1.29, 1.82) is 0 Å². The number of amides is 2. The molecule has 0 bridgehead atoms. The van der Waals surface area contributed by atoms with Gasteiger partial charge in [-0.1, -0.05) is 6.07 Å². The summed E-state index contributed by atoms with van der Waals surface area (Å²) in [7, 11) is 1.59. The third-order valence-corrected chi connectivity index (χ3v) is 3.58. The molecule has 6 heteroatoms. The van der Waals surface area contributed by atoms with E-state index in [0.717, 1.165) is 16.8 Å². The summed E-state index contributed by atoms with van der Waals surface area (Å²) >= 11 is 0. The zero-order valence-electron chi connectivity index (χ0n) is 13.8. The van der Waals surface area contributed by atoms with Crippen LogP contribution < -0.4 is 15.4 Å². The normalized spacial score (nSPS) is 10.1. The minimum absolute atomic E-state index is 0.282. The summed E-state index contributed by atoms with van der Waals surface area (Å²) in [6.45, 7) is 0.399. The number of hydrogen-bond donors (Lipinski definition) is 2. The predicted octanol–water partition coefficient (Wildman–Crippen LogP) is 3.47. The number of pyridine rings is 2. The second-order valence-corrected chi connectivity index (χ2v) is 5.32. The maximum atomic E-state index is 12.1. The number of aromatic nitrogens is 2. The number of ether oxygens (including phenoxy) is 1. The molecule has 0 saturated carbocycles. The topological polar surface area (TPSA) is 76.1 Å². The number of benzene rings is 1. The van der Waals surface area contributed by atoms with E-state index < -0.39 is 0 Å². The van der Waals surface area contributed by atoms with Crippen LogP contribution >= 0.6 is 0 Å². The molecule has 3 aromatic rings. The Morgan fingerprint density at radius 2 is 1.92 bits per heavy atom. The highest BCUT2D eigenvalue weighted by Gasteiger charge is 2.04. The Kier molecular flexibility index (Phi) is 5.21. The van der Waals surface area contributed by atoms with Crippen LogP contribution in [0.4, 0.5) is 10.5 Å². The van der Waals surface area contributed by atoms with Crippen LogP contribution in [0.15, 0.2) is 67.1 Å². The molecule has 0 fully saturated rings. The molecule has 2 amide bonds. The molecule has 0 unspecified atom stereocenters. The molecule has 3 rings (SSSR count). The molecular weight excluding hydrogens is 316 g/mol. The fraction of sp³-hybridized carbons (Fsp3) is 0.105. The van der Waals surface area contributed by atoms with Gasteiger partial charge in [-0.3, -0.25) is 9.97 Å². The van der Waals surface area contributed by atoms with Crippen LogP contribution in [0.5, 0.6) is 5.75 Å². The van der Waals surface area contributed by atoms with Gasteiger partial charge in [-0.25, -0.2) is 4.79 Å². The van der Waals surface area contributed by atoms with Crippen LogP contribution in [0.1, 0.15) is 5.56 Å². The summed E-state index contributed by atoms with van der Waals surface area (Å²) in [4.78, 5) is 20.4. The second kappa shape index (κ2) is 7.92. The van der Waals surface area contributed by atoms with Crippen LogP contribution in [0.2, 0.25) is 0 Å². The van der Waals surface area contributed by atoms with Crippen molar-refractivity contribution >= 4 is 11.7 Å². The van der Waals surface area contributed by atoms with E-state index in [1.807, 2.05) is 36.4 Å². The Labute approximate surface area is 145 Å². The molecule has 25 heavy (non-hydrogen) atoms. The number of anilines is 1. The van der Waals surface area contributed by atoms with E-state index in [-0.39, 0.29) is 6.03 Å². The van der Waals surface area contributed by atoms with Crippen molar-refractivity contribution in [2.45, 2.75) is 6.54 Å². The van der Waals surface area contributed by atoms with Crippen molar-refractivity contribution in [3.8, 4) is 17.0 Å². The molecule has 0 aliphatic carbocycles. The quantitative estimate of drug-likeness (QED) is 0.749. The minimum Gasteiger partial charge on any atom is -0.497 e. The molecule has 0 aliphatic rings. The molecular formula is C19H18N4O2. The van der Waals surface area contributed by atoms with E-state index in [1.165, 1.54) is 0 Å². The lowest BCUT2D eigenvalue weighted by Gasteiger charge is -2.09. The summed E-state index contributed by atoms with van der Waals surface area (Å²) in [5.74, 6) is 0.689. The maximum Gasteiger partial charge on any atom is 0.319 e. The number of urea groups is 1. The van der Waals surface area contributed by atoms with Crippen molar-refractivity contribution in [2.75, 3.05) is 12.4 Å². The molecule has 2 N–H and O–H groups in total. The molecule has 0 atom stereocenters. The lowest BCUT2D eigenvalue weighted by molar-refractivity contribution is 0.251. The summed E-state index contributed by atoms with van der Waals surface area (Å²) in [5.41, 5.74) is 3.46. The van der Waals surface area contributed by atoms with E-state index in [4.69, 9.17) is 4.74 Å². The first-order valence-electron chi connectivity index (χ1n) is 7.79. The van der Waals surface area contributed by atoms with Crippen molar-refractivity contribution in [1.82, 2.24) is 15.3 Å². The zero-order valence-corrected chi connectivity index (χ0v) is 13.8. The summed E-state index contributed by atoms with van der Waals surface area (Å²) in [6.07, 6.45) is 5.18. The Bertz CT molecular complexity index is 853. The third kappa shape index (κ3) is 4.54. The second-order valence-electron chi connectivity index (χ2n) is 5.32. The molecule has 0 aliphatic heterocycles. The average Bonchev–Trinajstić information content (AvgIpc) is 2.67. The Morgan fingerprint density at radius 1 is 1.08 bits per heavy atom. The first kappa shape index (κ1) is 16.4. The van der Waals surface area contributed by atoms with E-state index >= 15 is 0 Å². The highest BCUT2D eigenvalue weighted by atomic mass is 16.5. The van der Waals surface area contributed by atoms with Gasteiger partial charge in [0.05, 0.1) is 12.8 Å². The number of carbonyl (C=O) groups excluding carboxylic acids is 1. The van der Waals surface area contributed by atoms with Crippen LogP contribution in [-0.2, 0) is 6.54 Å². The fourth-order valence-electron chi connectivity index (χ4n) is 2.32. The van der Waals surface area contributed by atoms with Gasteiger partial charge in [0.2, 0.25) is 0 Å². The first-order valence-corrected chi connectivity index (χ1v) is 7.79. The summed E-state index contributed by atoms with van der Waals surface area (Å²) in [6, 6.07) is 14.5. The Hall–Kier alpha value is -3.41. The Balaban J connectivity index is 1.60. The van der Waals surface area contributed by atoms with Gasteiger partial charge in [0, 0.05) is 42.5 Å². The van der Waals surface area contributed by atoms with Crippen molar-refractivity contribution in [3.05, 3.63) is 72.7 Å². The van der Waals surface area contributed by atoms with Crippen molar-refractivity contribution in [3.63, 3.8) is 0 Å². The van der Waals surface area contributed by atoms with Crippen molar-refractivity contribution < 1.29 is 9.53 Å². The molecule has 6 nitrogen and oxygen atoms in total. The van der Waals surface area contributed by atoms with E-state index in [1.54, 1.807) is 37.8 Å². The van der Waals surface area contributed by atoms with Crippen LogP contribution in [0, 0.1) is 0 Å². The van der Waals surface area contributed by atoms with E-state index in [9.17, 15) is 4.79 Å². The van der Waals surface area contributed by atoms with Gasteiger partial charge in [-0.05, 0) is 42.0 Å². The number of rotatable bonds is 5. The van der Waals surface area contributed by atoms with Crippen LogP contribution in [-0.4, -0.2) is 23.1 Å². The number of nitrogens with zero attached hydrogens (tertiary/aromatic N) is 2. The lowest BCUT2D eigenvalue weighted by Crippen LogP contribution is -2.28. The van der Waals surface area contributed by atoms with Gasteiger partial charge in [0.25, 0.3) is 0 Å². The average molecular weight is 334 g/mol. The molecule has 1 aromatic carbocycles. The molecule has 0 spiro atoms. The largest absolute Gasteiger partial charge is 0.497 e. The predicted molar refractivity (Wildman–Crippen MR) is 96.3 cm³/mol. The summed E-state index contributed by atoms with van der Waals surface area (Å²) < 4.78 is 5.14. The van der Waals surface area contributed by atoms with Gasteiger partial charge >= 0.3 is 6.03 Å². The number of carbonyl (C=O) groups is 1. The van der Waals surface area contributed by atoms with Gasteiger partial charge in [0.1, 0.15) is 5.75 Å².